The van der Waals surface area contributed by atoms with Crippen LogP contribution in [0, 0.1) is 0 Å². The fourth-order valence-electron chi connectivity index (χ4n) is 1.60. The van der Waals surface area contributed by atoms with Crippen LogP contribution < -0.4 is 0 Å². The van der Waals surface area contributed by atoms with E-state index in [1.54, 1.807) is 30.0 Å². The summed E-state index contributed by atoms with van der Waals surface area (Å²) >= 11 is 19.3. The van der Waals surface area contributed by atoms with Gasteiger partial charge in [0.2, 0.25) is 0 Å². The largest absolute Gasteiger partial charge is 0.423 e. The van der Waals surface area contributed by atoms with Gasteiger partial charge in [0.25, 0.3) is 0 Å². The molecule has 1 aromatic carbocycles. The average Bonchev–Trinajstić information content (AvgIpc) is 2.47. The van der Waals surface area contributed by atoms with Crippen molar-refractivity contribution in [2.24, 2.45) is 0 Å². The quantitative estimate of drug-likeness (QED) is 0.239. The molecule has 0 amide bonds. The van der Waals surface area contributed by atoms with Gasteiger partial charge in [0.15, 0.2) is 0 Å². The van der Waals surface area contributed by atoms with E-state index in [9.17, 15) is 0 Å². The lowest BCUT2D eigenvalue weighted by Crippen LogP contribution is -2.00. The van der Waals surface area contributed by atoms with Crippen LogP contribution in [0.2, 0.25) is 10.0 Å². The molecule has 0 aliphatic carbocycles. The summed E-state index contributed by atoms with van der Waals surface area (Å²) < 4.78 is 17.1. The SMILES string of the molecule is CCCS/C=C(\OP(=S)(OCC)OCC)c1ccc(Cl)cc1Cl. The third-order valence-electron chi connectivity index (χ3n) is 2.49. The number of thioether (sulfide) groups is 1. The minimum absolute atomic E-state index is 0.418. The zero-order chi connectivity index (χ0) is 17.3. The topological polar surface area (TPSA) is 27.7 Å². The summed E-state index contributed by atoms with van der Waals surface area (Å²) in [4.78, 5) is 0. The van der Waals surface area contributed by atoms with E-state index >= 15 is 0 Å². The molecular formula is C15H21Cl2O3PS2. The Labute approximate surface area is 157 Å². The maximum absolute atomic E-state index is 6.30. The molecule has 0 radical (unpaired) electrons. The van der Waals surface area contributed by atoms with Crippen molar-refractivity contribution in [2.45, 2.75) is 27.2 Å². The highest BCUT2D eigenvalue weighted by Crippen LogP contribution is 2.54. The molecule has 1 aromatic rings. The third kappa shape index (κ3) is 7.35. The highest BCUT2D eigenvalue weighted by atomic mass is 35.5. The first-order chi connectivity index (χ1) is 11.0. The van der Waals surface area contributed by atoms with Gasteiger partial charge in [-0.25, -0.2) is 0 Å². The molecule has 8 heteroatoms. The second-order valence-electron chi connectivity index (χ2n) is 4.35. The summed E-state index contributed by atoms with van der Waals surface area (Å²) in [7, 11) is 0. The Morgan fingerprint density at radius 3 is 2.39 bits per heavy atom. The first-order valence-corrected chi connectivity index (χ1v) is 11.7. The maximum atomic E-state index is 6.30. The lowest BCUT2D eigenvalue weighted by atomic mass is 10.2. The first-order valence-electron chi connectivity index (χ1n) is 7.31. The predicted molar refractivity (Wildman–Crippen MR) is 106 cm³/mol. The lowest BCUT2D eigenvalue weighted by molar-refractivity contribution is 0.210. The monoisotopic (exact) mass is 414 g/mol. The molecular weight excluding hydrogens is 394 g/mol. The van der Waals surface area contributed by atoms with Crippen molar-refractivity contribution in [3.05, 3.63) is 39.2 Å². The Morgan fingerprint density at radius 2 is 1.87 bits per heavy atom. The van der Waals surface area contributed by atoms with Crippen LogP contribution in [0.5, 0.6) is 0 Å². The van der Waals surface area contributed by atoms with Crippen molar-refractivity contribution < 1.29 is 13.6 Å². The van der Waals surface area contributed by atoms with E-state index in [2.05, 4.69) is 6.92 Å². The predicted octanol–water partition coefficient (Wildman–Crippen LogP) is 6.75. The molecule has 0 heterocycles. The molecule has 0 fully saturated rings. The molecule has 0 aliphatic rings. The summed E-state index contributed by atoms with van der Waals surface area (Å²) in [6, 6.07) is 5.24. The van der Waals surface area contributed by atoms with Gasteiger partial charge in [0.1, 0.15) is 5.76 Å². The molecule has 0 unspecified atom stereocenters. The molecule has 0 spiro atoms. The summed E-state index contributed by atoms with van der Waals surface area (Å²) in [6.45, 7) is 3.80. The molecule has 0 N–H and O–H groups in total. The summed E-state index contributed by atoms with van der Waals surface area (Å²) in [5.74, 6) is 1.51. The van der Waals surface area contributed by atoms with Crippen LogP contribution in [0.4, 0.5) is 0 Å². The number of hydrogen-bond donors (Lipinski definition) is 0. The first kappa shape index (κ1) is 21.3. The minimum Gasteiger partial charge on any atom is -0.423 e. The fourth-order valence-corrected chi connectivity index (χ4v) is 4.93. The van der Waals surface area contributed by atoms with Crippen LogP contribution in [0.15, 0.2) is 23.6 Å². The van der Waals surface area contributed by atoms with Crippen molar-refractivity contribution in [2.75, 3.05) is 19.0 Å². The van der Waals surface area contributed by atoms with E-state index < -0.39 is 6.72 Å². The zero-order valence-electron chi connectivity index (χ0n) is 13.4. The standard InChI is InChI=1S/C15H21Cl2O3PS2/c1-4-9-23-11-15(13-8-7-12(16)10-14(13)17)20-21(22,18-5-2)19-6-3/h7-8,10-11H,4-6,9H2,1-3H3/b15-11-. The minimum atomic E-state index is -2.86. The number of rotatable bonds is 10. The van der Waals surface area contributed by atoms with Gasteiger partial charge in [-0.2, -0.15) is 0 Å². The molecule has 130 valence electrons. The summed E-state index contributed by atoms with van der Waals surface area (Å²) in [5, 5.41) is 2.96. The Morgan fingerprint density at radius 1 is 1.22 bits per heavy atom. The smallest absolute Gasteiger partial charge is 0.380 e. The fraction of sp³-hybridized carbons (Fsp3) is 0.467. The maximum Gasteiger partial charge on any atom is 0.380 e. The third-order valence-corrected chi connectivity index (χ3v) is 6.49. The normalized spacial score (nSPS) is 12.5. The van der Waals surface area contributed by atoms with Crippen molar-refractivity contribution in [3.8, 4) is 0 Å². The lowest BCUT2D eigenvalue weighted by Gasteiger charge is -2.23. The summed E-state index contributed by atoms with van der Waals surface area (Å²) in [5.41, 5.74) is 0.716. The van der Waals surface area contributed by atoms with E-state index in [1.165, 1.54) is 0 Å². The molecule has 1 rings (SSSR count). The van der Waals surface area contributed by atoms with Gasteiger partial charge in [0, 0.05) is 27.8 Å². The van der Waals surface area contributed by atoms with Crippen LogP contribution >= 0.6 is 41.7 Å². The van der Waals surface area contributed by atoms with E-state index in [1.807, 2.05) is 19.3 Å². The van der Waals surface area contributed by atoms with Gasteiger partial charge < -0.3 is 4.52 Å². The number of hydrogen-bond acceptors (Lipinski definition) is 5. The van der Waals surface area contributed by atoms with Gasteiger partial charge in [-0.3, -0.25) is 9.05 Å². The molecule has 0 saturated heterocycles. The van der Waals surface area contributed by atoms with Crippen LogP contribution in [-0.2, 0) is 25.4 Å². The second kappa shape index (κ2) is 11.0. The van der Waals surface area contributed by atoms with Crippen molar-refractivity contribution >= 4 is 59.2 Å². The van der Waals surface area contributed by atoms with Crippen molar-refractivity contribution in [1.29, 1.82) is 0 Å². The molecule has 0 bridgehead atoms. The molecule has 0 aliphatic heterocycles. The molecule has 0 saturated carbocycles. The Kier molecular flexibility index (Phi) is 10.2. The zero-order valence-corrected chi connectivity index (χ0v) is 17.4. The number of benzene rings is 1. The van der Waals surface area contributed by atoms with Crippen LogP contribution in [-0.4, -0.2) is 19.0 Å². The highest BCUT2D eigenvalue weighted by Gasteiger charge is 2.24. The Bertz CT molecular complexity index is 572. The van der Waals surface area contributed by atoms with E-state index in [-0.39, 0.29) is 0 Å². The van der Waals surface area contributed by atoms with Gasteiger partial charge in [-0.1, -0.05) is 30.1 Å². The second-order valence-corrected chi connectivity index (χ2v) is 9.11. The van der Waals surface area contributed by atoms with Crippen LogP contribution in [0.3, 0.4) is 0 Å². The van der Waals surface area contributed by atoms with Gasteiger partial charge in [0.05, 0.1) is 18.2 Å². The van der Waals surface area contributed by atoms with Crippen molar-refractivity contribution in [1.82, 2.24) is 0 Å². The Hall–Kier alpha value is 0.260. The van der Waals surface area contributed by atoms with E-state index in [0.717, 1.165) is 12.2 Å². The van der Waals surface area contributed by atoms with Gasteiger partial charge in [-0.05, 0) is 44.2 Å². The Balaban J connectivity index is 3.14. The van der Waals surface area contributed by atoms with E-state index in [4.69, 9.17) is 48.6 Å². The van der Waals surface area contributed by atoms with Gasteiger partial charge in [-0.15, -0.1) is 11.8 Å². The molecule has 23 heavy (non-hydrogen) atoms. The molecule has 0 atom stereocenters. The molecule has 0 aromatic heterocycles. The molecule has 3 nitrogen and oxygen atoms in total. The highest BCUT2D eigenvalue weighted by molar-refractivity contribution is 8.07. The van der Waals surface area contributed by atoms with Crippen molar-refractivity contribution in [3.63, 3.8) is 0 Å². The average molecular weight is 415 g/mol. The summed E-state index contributed by atoms with van der Waals surface area (Å²) in [6.07, 6.45) is 1.05. The van der Waals surface area contributed by atoms with E-state index in [0.29, 0.717) is 34.6 Å². The van der Waals surface area contributed by atoms with Gasteiger partial charge >= 0.3 is 6.72 Å². The number of halogens is 2. The van der Waals surface area contributed by atoms with Crippen LogP contribution in [0.25, 0.3) is 5.76 Å². The van der Waals surface area contributed by atoms with Crippen LogP contribution in [0.1, 0.15) is 32.8 Å².